The van der Waals surface area contributed by atoms with E-state index in [1.807, 2.05) is 0 Å². The van der Waals surface area contributed by atoms with Crippen LogP contribution < -0.4 is 5.32 Å². The molecule has 1 saturated heterocycles. The standard InChI is InChI=1S/C14H21ClN2O2S/c1-11-13(15)6-3-7-14(11)20(18,19)17(2)10-12-5-4-8-16-9-12/h3,6-7,12,16H,4-5,8-10H2,1-2H3. The summed E-state index contributed by atoms with van der Waals surface area (Å²) in [5.74, 6) is 0.378. The Morgan fingerprint density at radius 3 is 2.85 bits per heavy atom. The number of nitrogens with zero attached hydrogens (tertiary/aromatic N) is 1. The third-order valence-corrected chi connectivity index (χ3v) is 6.20. The fraction of sp³-hybridized carbons (Fsp3) is 0.571. The summed E-state index contributed by atoms with van der Waals surface area (Å²) in [6.07, 6.45) is 2.18. The molecule has 1 heterocycles. The molecule has 0 spiro atoms. The van der Waals surface area contributed by atoms with E-state index in [2.05, 4.69) is 5.32 Å². The lowest BCUT2D eigenvalue weighted by molar-refractivity contribution is 0.314. The summed E-state index contributed by atoms with van der Waals surface area (Å²) in [5.41, 5.74) is 0.614. The molecular weight excluding hydrogens is 296 g/mol. The van der Waals surface area contributed by atoms with Crippen molar-refractivity contribution in [3.63, 3.8) is 0 Å². The fourth-order valence-corrected chi connectivity index (χ4v) is 4.30. The van der Waals surface area contributed by atoms with Gasteiger partial charge in [0.25, 0.3) is 0 Å². The summed E-state index contributed by atoms with van der Waals surface area (Å²) >= 11 is 6.02. The second-order valence-electron chi connectivity index (χ2n) is 5.36. The molecule has 4 nitrogen and oxygen atoms in total. The number of sulfonamides is 1. The van der Waals surface area contributed by atoms with Gasteiger partial charge in [-0.3, -0.25) is 0 Å². The second-order valence-corrected chi connectivity index (χ2v) is 7.78. The molecule has 1 aliphatic heterocycles. The Morgan fingerprint density at radius 1 is 1.45 bits per heavy atom. The van der Waals surface area contributed by atoms with E-state index in [0.29, 0.717) is 27.9 Å². The Bertz CT molecular complexity index is 569. The summed E-state index contributed by atoms with van der Waals surface area (Å²) in [7, 11) is -1.83. The Kier molecular flexibility index (Phi) is 5.07. The van der Waals surface area contributed by atoms with Gasteiger partial charge in [0.2, 0.25) is 10.0 Å². The van der Waals surface area contributed by atoms with Crippen molar-refractivity contribution < 1.29 is 8.42 Å². The molecule has 112 valence electrons. The molecule has 0 bridgehead atoms. The number of rotatable bonds is 4. The van der Waals surface area contributed by atoms with Crippen LogP contribution in [-0.2, 0) is 10.0 Å². The predicted octanol–water partition coefficient (Wildman–Crippen LogP) is 2.27. The maximum Gasteiger partial charge on any atom is 0.243 e. The molecule has 1 atom stereocenters. The Balaban J connectivity index is 2.18. The average Bonchev–Trinajstić information content (AvgIpc) is 2.42. The molecule has 1 aromatic carbocycles. The quantitative estimate of drug-likeness (QED) is 0.927. The molecule has 0 radical (unpaired) electrons. The third kappa shape index (κ3) is 3.34. The lowest BCUT2D eigenvalue weighted by Crippen LogP contribution is -2.39. The molecule has 6 heteroatoms. The normalized spacial score (nSPS) is 20.3. The van der Waals surface area contributed by atoms with Crippen molar-refractivity contribution >= 4 is 21.6 Å². The van der Waals surface area contributed by atoms with Crippen LogP contribution in [0, 0.1) is 12.8 Å². The molecule has 1 aromatic rings. The maximum atomic E-state index is 12.6. The number of hydrogen-bond donors (Lipinski definition) is 1. The molecule has 1 aliphatic rings. The number of nitrogens with one attached hydrogen (secondary N) is 1. The van der Waals surface area contributed by atoms with Gasteiger partial charge in [0.05, 0.1) is 4.90 Å². The number of piperidine rings is 1. The van der Waals surface area contributed by atoms with Gasteiger partial charge in [-0.05, 0) is 56.5 Å². The zero-order valence-corrected chi connectivity index (χ0v) is 13.5. The summed E-state index contributed by atoms with van der Waals surface area (Å²) in [5, 5.41) is 3.79. The van der Waals surface area contributed by atoms with Gasteiger partial charge in [-0.15, -0.1) is 0 Å². The summed E-state index contributed by atoms with van der Waals surface area (Å²) in [6, 6.07) is 5.01. The van der Waals surface area contributed by atoms with E-state index in [9.17, 15) is 8.42 Å². The smallest absolute Gasteiger partial charge is 0.243 e. The van der Waals surface area contributed by atoms with Gasteiger partial charge >= 0.3 is 0 Å². The first kappa shape index (κ1) is 15.8. The van der Waals surface area contributed by atoms with E-state index in [1.165, 1.54) is 4.31 Å². The minimum Gasteiger partial charge on any atom is -0.316 e. The molecule has 0 aromatic heterocycles. The highest BCUT2D eigenvalue weighted by molar-refractivity contribution is 7.89. The minimum absolute atomic E-state index is 0.302. The highest BCUT2D eigenvalue weighted by Crippen LogP contribution is 2.25. The van der Waals surface area contributed by atoms with Crippen LogP contribution in [0.2, 0.25) is 5.02 Å². The maximum absolute atomic E-state index is 12.6. The lowest BCUT2D eigenvalue weighted by Gasteiger charge is -2.27. The number of benzene rings is 1. The van der Waals surface area contributed by atoms with Crippen molar-refractivity contribution in [2.45, 2.75) is 24.7 Å². The molecule has 0 amide bonds. The first-order valence-corrected chi connectivity index (χ1v) is 8.67. The van der Waals surface area contributed by atoms with Gasteiger partial charge in [0, 0.05) is 18.6 Å². The Labute approximate surface area is 126 Å². The van der Waals surface area contributed by atoms with Gasteiger partial charge in [-0.25, -0.2) is 12.7 Å². The molecule has 1 fully saturated rings. The van der Waals surface area contributed by atoms with Crippen LogP contribution in [0.1, 0.15) is 18.4 Å². The van der Waals surface area contributed by atoms with Crippen molar-refractivity contribution in [2.75, 3.05) is 26.7 Å². The van der Waals surface area contributed by atoms with E-state index >= 15 is 0 Å². The van der Waals surface area contributed by atoms with Crippen LogP contribution in [0.3, 0.4) is 0 Å². The van der Waals surface area contributed by atoms with Crippen LogP contribution >= 0.6 is 11.6 Å². The van der Waals surface area contributed by atoms with Crippen LogP contribution in [0.25, 0.3) is 0 Å². The zero-order chi connectivity index (χ0) is 14.8. The molecule has 0 saturated carbocycles. The highest BCUT2D eigenvalue weighted by Gasteiger charge is 2.26. The van der Waals surface area contributed by atoms with Crippen molar-refractivity contribution in [3.8, 4) is 0 Å². The molecule has 1 unspecified atom stereocenters. The molecule has 2 rings (SSSR count). The van der Waals surface area contributed by atoms with Crippen LogP contribution in [-0.4, -0.2) is 39.4 Å². The first-order chi connectivity index (χ1) is 9.43. The van der Waals surface area contributed by atoms with Crippen molar-refractivity contribution in [3.05, 3.63) is 28.8 Å². The predicted molar refractivity (Wildman–Crippen MR) is 81.6 cm³/mol. The van der Waals surface area contributed by atoms with Gasteiger partial charge in [-0.2, -0.15) is 0 Å². The third-order valence-electron chi connectivity index (χ3n) is 3.82. The molecular formula is C14H21ClN2O2S. The van der Waals surface area contributed by atoms with E-state index in [-0.39, 0.29) is 0 Å². The van der Waals surface area contributed by atoms with Gasteiger partial charge in [0.15, 0.2) is 0 Å². The summed E-state index contributed by atoms with van der Waals surface area (Å²) in [6.45, 7) is 4.20. The van der Waals surface area contributed by atoms with Gasteiger partial charge in [0.1, 0.15) is 0 Å². The SMILES string of the molecule is Cc1c(Cl)cccc1S(=O)(=O)N(C)CC1CCCNC1. The van der Waals surface area contributed by atoms with E-state index < -0.39 is 10.0 Å². The Morgan fingerprint density at radius 2 is 2.20 bits per heavy atom. The number of halogens is 1. The van der Waals surface area contributed by atoms with E-state index in [4.69, 9.17) is 11.6 Å². The van der Waals surface area contributed by atoms with E-state index in [0.717, 1.165) is 25.9 Å². The van der Waals surface area contributed by atoms with Crippen molar-refractivity contribution in [1.29, 1.82) is 0 Å². The summed E-state index contributed by atoms with van der Waals surface area (Å²) in [4.78, 5) is 0.302. The van der Waals surface area contributed by atoms with Crippen molar-refractivity contribution in [2.24, 2.45) is 5.92 Å². The highest BCUT2D eigenvalue weighted by atomic mass is 35.5. The van der Waals surface area contributed by atoms with Gasteiger partial charge < -0.3 is 5.32 Å². The first-order valence-electron chi connectivity index (χ1n) is 6.85. The minimum atomic E-state index is -3.47. The topological polar surface area (TPSA) is 49.4 Å². The van der Waals surface area contributed by atoms with Crippen molar-refractivity contribution in [1.82, 2.24) is 9.62 Å². The summed E-state index contributed by atoms with van der Waals surface area (Å²) < 4.78 is 26.7. The second kappa shape index (κ2) is 6.43. The van der Waals surface area contributed by atoms with Crippen LogP contribution in [0.5, 0.6) is 0 Å². The van der Waals surface area contributed by atoms with Crippen LogP contribution in [0.15, 0.2) is 23.1 Å². The van der Waals surface area contributed by atoms with Gasteiger partial charge in [-0.1, -0.05) is 17.7 Å². The fourth-order valence-electron chi connectivity index (χ4n) is 2.58. The molecule has 0 aliphatic carbocycles. The molecule has 1 N–H and O–H groups in total. The average molecular weight is 317 g/mol. The van der Waals surface area contributed by atoms with E-state index in [1.54, 1.807) is 32.2 Å². The lowest BCUT2D eigenvalue weighted by atomic mass is 10.00. The number of hydrogen-bond acceptors (Lipinski definition) is 3. The monoisotopic (exact) mass is 316 g/mol. The zero-order valence-electron chi connectivity index (χ0n) is 11.9. The largest absolute Gasteiger partial charge is 0.316 e. The van der Waals surface area contributed by atoms with Crippen LogP contribution in [0.4, 0.5) is 0 Å². The molecule has 20 heavy (non-hydrogen) atoms. The Hall–Kier alpha value is -0.620.